The molecule has 1 aromatic rings. The van der Waals surface area contributed by atoms with Crippen LogP contribution in [-0.2, 0) is 0 Å². The molecule has 0 aliphatic carbocycles. The number of carbonyl (C=O) groups excluding carboxylic acids is 1. The highest BCUT2D eigenvalue weighted by atomic mass is 32.2. The number of aromatic carboxylic acids is 2. The second kappa shape index (κ2) is 7.53. The van der Waals surface area contributed by atoms with Crippen molar-refractivity contribution in [2.45, 2.75) is 12.2 Å². The van der Waals surface area contributed by atoms with Gasteiger partial charge in [0.1, 0.15) is 0 Å². The third kappa shape index (κ3) is 5.35. The Bertz CT molecular complexity index is 529. The highest BCUT2D eigenvalue weighted by Gasteiger charge is 2.13. The molecule has 1 rings (SSSR count). The zero-order chi connectivity index (χ0) is 16.0. The van der Waals surface area contributed by atoms with E-state index >= 15 is 0 Å². The number of carboxylic acid groups (broad SMARTS) is 2. The zero-order valence-electron chi connectivity index (χ0n) is 11.5. The summed E-state index contributed by atoms with van der Waals surface area (Å²) in [4.78, 5) is 33.6. The standard InChI is InChI=1S/C13H16N2O5S/c1-7(21-2)6-14-13(20)15-10-4-8(11(16)17)3-9(5-10)12(18)19/h3-5,7H,6H2,1-2H3,(H,16,17)(H,18,19)(H2,14,15,20). The van der Waals surface area contributed by atoms with Crippen LogP contribution in [0.2, 0.25) is 0 Å². The van der Waals surface area contributed by atoms with Gasteiger partial charge in [0.2, 0.25) is 0 Å². The van der Waals surface area contributed by atoms with Crippen LogP contribution in [0.25, 0.3) is 0 Å². The number of hydrogen-bond donors (Lipinski definition) is 4. The lowest BCUT2D eigenvalue weighted by Crippen LogP contribution is -2.33. The van der Waals surface area contributed by atoms with Crippen molar-refractivity contribution in [3.8, 4) is 0 Å². The van der Waals surface area contributed by atoms with Crippen LogP contribution in [0.15, 0.2) is 18.2 Å². The van der Waals surface area contributed by atoms with Gasteiger partial charge in [0.15, 0.2) is 0 Å². The summed E-state index contributed by atoms with van der Waals surface area (Å²) in [6, 6.07) is 2.91. The van der Waals surface area contributed by atoms with Gasteiger partial charge in [0, 0.05) is 17.5 Å². The van der Waals surface area contributed by atoms with Crippen LogP contribution in [0.3, 0.4) is 0 Å². The summed E-state index contributed by atoms with van der Waals surface area (Å²) in [5, 5.41) is 23.1. The van der Waals surface area contributed by atoms with Crippen molar-refractivity contribution in [1.29, 1.82) is 0 Å². The molecule has 0 aromatic heterocycles. The van der Waals surface area contributed by atoms with Crippen molar-refractivity contribution in [3.05, 3.63) is 29.3 Å². The second-order valence-electron chi connectivity index (χ2n) is 4.29. The van der Waals surface area contributed by atoms with E-state index in [1.165, 1.54) is 12.1 Å². The van der Waals surface area contributed by atoms with Gasteiger partial charge in [0.25, 0.3) is 0 Å². The van der Waals surface area contributed by atoms with Crippen LogP contribution in [0, 0.1) is 0 Å². The summed E-state index contributed by atoms with van der Waals surface area (Å²) < 4.78 is 0. The van der Waals surface area contributed by atoms with Gasteiger partial charge in [-0.15, -0.1) is 0 Å². The maximum absolute atomic E-state index is 11.7. The SMILES string of the molecule is CSC(C)CNC(=O)Nc1cc(C(=O)O)cc(C(=O)O)c1. The van der Waals surface area contributed by atoms with Crippen molar-refractivity contribution in [3.63, 3.8) is 0 Å². The molecule has 7 nitrogen and oxygen atoms in total. The Morgan fingerprint density at radius 3 is 2.10 bits per heavy atom. The van der Waals surface area contributed by atoms with Crippen molar-refractivity contribution in [2.24, 2.45) is 0 Å². The molecule has 0 heterocycles. The van der Waals surface area contributed by atoms with Gasteiger partial charge in [0.05, 0.1) is 11.1 Å². The van der Waals surface area contributed by atoms with Gasteiger partial charge in [-0.2, -0.15) is 11.8 Å². The number of urea groups is 1. The Balaban J connectivity index is 2.84. The first-order valence-corrected chi connectivity index (χ1v) is 7.31. The second-order valence-corrected chi connectivity index (χ2v) is 5.57. The molecule has 0 bridgehead atoms. The Morgan fingerprint density at radius 1 is 1.14 bits per heavy atom. The van der Waals surface area contributed by atoms with Crippen LogP contribution in [-0.4, -0.2) is 46.2 Å². The van der Waals surface area contributed by atoms with E-state index < -0.39 is 18.0 Å². The number of rotatable bonds is 6. The molecule has 0 aliphatic rings. The minimum atomic E-state index is -1.27. The number of hydrogen-bond acceptors (Lipinski definition) is 4. The van der Waals surface area contributed by atoms with E-state index in [9.17, 15) is 14.4 Å². The summed E-state index contributed by atoms with van der Waals surface area (Å²) in [5.41, 5.74) is -0.299. The fraction of sp³-hybridized carbons (Fsp3) is 0.308. The first kappa shape index (κ1) is 16.8. The largest absolute Gasteiger partial charge is 0.478 e. The van der Waals surface area contributed by atoms with E-state index in [0.717, 1.165) is 6.07 Å². The Morgan fingerprint density at radius 2 is 1.67 bits per heavy atom. The number of carbonyl (C=O) groups is 3. The van der Waals surface area contributed by atoms with Gasteiger partial charge >= 0.3 is 18.0 Å². The van der Waals surface area contributed by atoms with Gasteiger partial charge in [-0.05, 0) is 24.5 Å². The number of thioether (sulfide) groups is 1. The van der Waals surface area contributed by atoms with E-state index in [4.69, 9.17) is 10.2 Å². The smallest absolute Gasteiger partial charge is 0.335 e. The average Bonchev–Trinajstić information content (AvgIpc) is 2.44. The molecule has 0 spiro atoms. The molecule has 0 radical (unpaired) electrons. The molecule has 21 heavy (non-hydrogen) atoms. The van der Waals surface area contributed by atoms with E-state index in [1.54, 1.807) is 11.8 Å². The normalized spacial score (nSPS) is 11.5. The number of anilines is 1. The zero-order valence-corrected chi connectivity index (χ0v) is 12.4. The molecule has 0 saturated carbocycles. The Hall–Kier alpha value is -2.22. The highest BCUT2D eigenvalue weighted by molar-refractivity contribution is 7.99. The van der Waals surface area contributed by atoms with E-state index in [0.29, 0.717) is 6.54 Å². The van der Waals surface area contributed by atoms with Crippen molar-refractivity contribution < 1.29 is 24.6 Å². The summed E-state index contributed by atoms with van der Waals surface area (Å²) >= 11 is 1.59. The average molecular weight is 312 g/mol. The Kier molecular flexibility index (Phi) is 6.04. The van der Waals surface area contributed by atoms with E-state index in [1.807, 2.05) is 13.2 Å². The van der Waals surface area contributed by atoms with E-state index in [-0.39, 0.29) is 22.1 Å². The lowest BCUT2D eigenvalue weighted by atomic mass is 10.1. The molecule has 4 N–H and O–H groups in total. The van der Waals surface area contributed by atoms with Crippen LogP contribution in [0.5, 0.6) is 0 Å². The van der Waals surface area contributed by atoms with Crippen LogP contribution in [0.4, 0.5) is 10.5 Å². The van der Waals surface area contributed by atoms with Crippen LogP contribution >= 0.6 is 11.8 Å². The molecule has 2 amide bonds. The number of benzene rings is 1. The highest BCUT2D eigenvalue weighted by Crippen LogP contribution is 2.15. The predicted molar refractivity (Wildman–Crippen MR) is 80.4 cm³/mol. The Labute approximate surface area is 125 Å². The first-order chi connectivity index (χ1) is 9.83. The van der Waals surface area contributed by atoms with Crippen LogP contribution in [0.1, 0.15) is 27.6 Å². The summed E-state index contributed by atoms with van der Waals surface area (Å²) in [5.74, 6) is -2.53. The van der Waals surface area contributed by atoms with E-state index in [2.05, 4.69) is 10.6 Å². The molecule has 8 heteroatoms. The number of carboxylic acids is 2. The minimum Gasteiger partial charge on any atom is -0.478 e. The molecular formula is C13H16N2O5S. The minimum absolute atomic E-state index is 0.113. The van der Waals surface area contributed by atoms with Gasteiger partial charge in [-0.1, -0.05) is 6.92 Å². The molecular weight excluding hydrogens is 296 g/mol. The molecule has 1 atom stereocenters. The lowest BCUT2D eigenvalue weighted by molar-refractivity contribution is 0.0696. The maximum Gasteiger partial charge on any atom is 0.335 e. The van der Waals surface area contributed by atoms with Crippen molar-refractivity contribution >= 4 is 35.4 Å². The summed E-state index contributed by atoms with van der Waals surface area (Å²) in [6.45, 7) is 2.38. The lowest BCUT2D eigenvalue weighted by Gasteiger charge is -2.12. The molecule has 1 aromatic carbocycles. The molecule has 0 aliphatic heterocycles. The quantitative estimate of drug-likeness (QED) is 0.638. The molecule has 1 unspecified atom stereocenters. The topological polar surface area (TPSA) is 116 Å². The third-order valence-electron chi connectivity index (χ3n) is 2.64. The monoisotopic (exact) mass is 312 g/mol. The van der Waals surface area contributed by atoms with Crippen LogP contribution < -0.4 is 10.6 Å². The summed E-state index contributed by atoms with van der Waals surface area (Å²) in [7, 11) is 0. The number of nitrogens with one attached hydrogen (secondary N) is 2. The fourth-order valence-electron chi connectivity index (χ4n) is 1.44. The van der Waals surface area contributed by atoms with Gasteiger partial charge in [-0.3, -0.25) is 0 Å². The molecule has 114 valence electrons. The predicted octanol–water partition coefficient (Wildman–Crippen LogP) is 1.96. The molecule has 0 saturated heterocycles. The molecule has 0 fully saturated rings. The first-order valence-electron chi connectivity index (χ1n) is 6.02. The van der Waals surface area contributed by atoms with Crippen molar-refractivity contribution in [1.82, 2.24) is 5.32 Å². The third-order valence-corrected chi connectivity index (χ3v) is 3.61. The maximum atomic E-state index is 11.7. The van der Waals surface area contributed by atoms with Gasteiger partial charge < -0.3 is 20.8 Å². The number of amides is 2. The van der Waals surface area contributed by atoms with Crippen molar-refractivity contribution in [2.75, 3.05) is 18.1 Å². The fourth-order valence-corrected chi connectivity index (χ4v) is 1.69. The van der Waals surface area contributed by atoms with Gasteiger partial charge in [-0.25, -0.2) is 14.4 Å². The summed E-state index contributed by atoms with van der Waals surface area (Å²) in [6.07, 6.45) is 1.92.